The van der Waals surface area contributed by atoms with Gasteiger partial charge in [0.05, 0.1) is 30.6 Å². The van der Waals surface area contributed by atoms with E-state index in [2.05, 4.69) is 10.6 Å². The molecule has 1 heterocycles. The van der Waals surface area contributed by atoms with Crippen LogP contribution in [0.25, 0.3) is 0 Å². The number of ether oxygens (including phenoxy) is 3. The van der Waals surface area contributed by atoms with Crippen LogP contribution >= 0.6 is 0 Å². The molecule has 1 amide bonds. The van der Waals surface area contributed by atoms with Crippen LogP contribution in [0, 0.1) is 11.7 Å². The van der Waals surface area contributed by atoms with E-state index in [9.17, 15) is 9.59 Å². The summed E-state index contributed by atoms with van der Waals surface area (Å²) in [6.45, 7) is 8.70. The van der Waals surface area contributed by atoms with Gasteiger partial charge in [-0.1, -0.05) is 0 Å². The Morgan fingerprint density at radius 2 is 2.06 bits per heavy atom. The van der Waals surface area contributed by atoms with Crippen molar-refractivity contribution < 1.29 is 28.2 Å². The van der Waals surface area contributed by atoms with E-state index in [4.69, 9.17) is 14.2 Å². The van der Waals surface area contributed by atoms with Gasteiger partial charge in [-0.3, -0.25) is 4.79 Å². The fourth-order valence-corrected chi connectivity index (χ4v) is 4.01. The van der Waals surface area contributed by atoms with Crippen molar-refractivity contribution in [2.24, 2.45) is 5.92 Å². The zero-order valence-electron chi connectivity index (χ0n) is 19.5. The average molecular weight is 452 g/mol. The first kappa shape index (κ1) is 24.1. The lowest BCUT2D eigenvalue weighted by molar-refractivity contribution is -0.125. The predicted molar refractivity (Wildman–Crippen MR) is 120 cm³/mol. The number of halogens is 1. The molecule has 1 aromatic rings. The zero-order valence-corrected chi connectivity index (χ0v) is 19.5. The molecule has 178 valence electrons. The van der Waals surface area contributed by atoms with Gasteiger partial charge >= 0.3 is 5.97 Å². The summed E-state index contributed by atoms with van der Waals surface area (Å²) in [5, 5.41) is 6.07. The van der Waals surface area contributed by atoms with E-state index in [0.29, 0.717) is 37.3 Å². The summed E-state index contributed by atoms with van der Waals surface area (Å²) in [4.78, 5) is 25.5. The number of nitrogens with zero attached hydrogens (tertiary/aromatic N) is 1. The van der Waals surface area contributed by atoms with Crippen LogP contribution in [-0.2, 0) is 14.3 Å². The Labute approximate surface area is 188 Å². The minimum Gasteiger partial charge on any atom is -0.492 e. The molecule has 2 N–H and O–H groups in total. The third kappa shape index (κ3) is 5.62. The minimum absolute atomic E-state index is 0.0342. The maximum atomic E-state index is 15.4. The van der Waals surface area contributed by atoms with Crippen molar-refractivity contribution in [3.05, 3.63) is 17.4 Å². The maximum absolute atomic E-state index is 15.4. The molecule has 1 aliphatic heterocycles. The minimum atomic E-state index is -0.590. The van der Waals surface area contributed by atoms with Crippen molar-refractivity contribution in [2.75, 3.05) is 37.0 Å². The summed E-state index contributed by atoms with van der Waals surface area (Å²) in [7, 11) is 1.47. The largest absolute Gasteiger partial charge is 0.492 e. The number of esters is 1. The molecule has 2 unspecified atom stereocenters. The first-order valence-corrected chi connectivity index (χ1v) is 11.1. The number of benzene rings is 1. The Morgan fingerprint density at radius 1 is 1.34 bits per heavy atom. The van der Waals surface area contributed by atoms with Crippen molar-refractivity contribution in [1.29, 1.82) is 0 Å². The van der Waals surface area contributed by atoms with Crippen LogP contribution in [0.3, 0.4) is 0 Å². The number of rotatable bonds is 10. The number of anilines is 2. The normalized spacial score (nSPS) is 19.4. The quantitative estimate of drug-likeness (QED) is 0.321. The number of carbonyl (C=O) groups is 2. The SMILES string of the molecule is CCOC(=O)c1cc(F)c(N2CCC(C(NC=O)OC(C)(C)C)C2)c(OC)c1NC1CC1. The van der Waals surface area contributed by atoms with Gasteiger partial charge < -0.3 is 29.7 Å². The Balaban J connectivity index is 1.93. The van der Waals surface area contributed by atoms with Gasteiger partial charge in [0.25, 0.3) is 0 Å². The molecule has 0 aromatic heterocycles. The Morgan fingerprint density at radius 3 is 2.62 bits per heavy atom. The Hall–Kier alpha value is -2.55. The lowest BCUT2D eigenvalue weighted by atomic mass is 10.1. The second-order valence-electron chi connectivity index (χ2n) is 9.23. The van der Waals surface area contributed by atoms with Gasteiger partial charge in [-0.05, 0) is 53.0 Å². The first-order chi connectivity index (χ1) is 15.2. The Kier molecular flexibility index (Phi) is 7.48. The highest BCUT2D eigenvalue weighted by Crippen LogP contribution is 2.45. The molecular weight excluding hydrogens is 417 g/mol. The monoisotopic (exact) mass is 451 g/mol. The number of hydrogen-bond acceptors (Lipinski definition) is 7. The van der Waals surface area contributed by atoms with Crippen LogP contribution in [-0.4, -0.2) is 57.1 Å². The Bertz CT molecular complexity index is 838. The molecule has 0 radical (unpaired) electrons. The van der Waals surface area contributed by atoms with E-state index in [1.54, 1.807) is 6.92 Å². The summed E-state index contributed by atoms with van der Waals surface area (Å²) in [6, 6.07) is 1.45. The van der Waals surface area contributed by atoms with Crippen molar-refractivity contribution in [3.63, 3.8) is 0 Å². The lowest BCUT2D eigenvalue weighted by Crippen LogP contribution is -2.44. The predicted octanol–water partition coefficient (Wildman–Crippen LogP) is 3.30. The number of carbonyl (C=O) groups excluding carboxylic acids is 2. The van der Waals surface area contributed by atoms with E-state index >= 15 is 4.39 Å². The van der Waals surface area contributed by atoms with Crippen LogP contribution in [0.15, 0.2) is 6.07 Å². The second kappa shape index (κ2) is 9.94. The topological polar surface area (TPSA) is 89.1 Å². The molecule has 0 bridgehead atoms. The molecule has 3 rings (SSSR count). The molecule has 9 heteroatoms. The molecule has 1 aromatic carbocycles. The molecule has 8 nitrogen and oxygen atoms in total. The summed E-state index contributed by atoms with van der Waals surface area (Å²) in [5.41, 5.74) is 0.442. The molecule has 0 spiro atoms. The van der Waals surface area contributed by atoms with Crippen LogP contribution in [0.1, 0.15) is 57.3 Å². The average Bonchev–Trinajstić information content (AvgIpc) is 3.40. The van der Waals surface area contributed by atoms with E-state index in [0.717, 1.165) is 12.8 Å². The van der Waals surface area contributed by atoms with Crippen molar-refractivity contribution >= 4 is 23.8 Å². The van der Waals surface area contributed by atoms with Gasteiger partial charge in [0.1, 0.15) is 11.9 Å². The number of hydrogen-bond donors (Lipinski definition) is 2. The molecule has 32 heavy (non-hydrogen) atoms. The van der Waals surface area contributed by atoms with Gasteiger partial charge in [0.15, 0.2) is 11.6 Å². The fourth-order valence-electron chi connectivity index (χ4n) is 4.01. The molecule has 2 aliphatic rings. The molecule has 1 saturated carbocycles. The van der Waals surface area contributed by atoms with Gasteiger partial charge in [-0.2, -0.15) is 0 Å². The van der Waals surface area contributed by atoms with E-state index in [1.807, 2.05) is 25.7 Å². The third-order valence-electron chi connectivity index (χ3n) is 5.52. The van der Waals surface area contributed by atoms with Crippen molar-refractivity contribution in [2.45, 2.75) is 64.8 Å². The molecule has 2 fully saturated rings. The summed E-state index contributed by atoms with van der Waals surface area (Å²) < 4.78 is 32.2. The van der Waals surface area contributed by atoms with Gasteiger partial charge in [0.2, 0.25) is 6.41 Å². The van der Waals surface area contributed by atoms with Gasteiger partial charge in [-0.15, -0.1) is 0 Å². The maximum Gasteiger partial charge on any atom is 0.340 e. The standard InChI is InChI=1S/C23H34FN3O5/c1-6-31-22(29)16-11-17(24)19(20(30-5)18(16)26-15-7-8-15)27-10-9-14(12-27)21(25-13-28)32-23(2,3)4/h11,13-15,21,26H,6-10,12H2,1-5H3,(H,25,28). The zero-order chi connectivity index (χ0) is 23.5. The van der Waals surface area contributed by atoms with Gasteiger partial charge in [-0.25, -0.2) is 9.18 Å². The van der Waals surface area contributed by atoms with Crippen molar-refractivity contribution in [1.82, 2.24) is 5.32 Å². The molecule has 1 saturated heterocycles. The van der Waals surface area contributed by atoms with Crippen molar-refractivity contribution in [3.8, 4) is 5.75 Å². The molecular formula is C23H34FN3O5. The smallest absolute Gasteiger partial charge is 0.340 e. The van der Waals surface area contributed by atoms with E-state index < -0.39 is 23.6 Å². The number of methoxy groups -OCH3 is 1. The summed E-state index contributed by atoms with van der Waals surface area (Å²) in [5.74, 6) is -0.888. The fraction of sp³-hybridized carbons (Fsp3) is 0.652. The van der Waals surface area contributed by atoms with Crippen LogP contribution in [0.5, 0.6) is 5.75 Å². The van der Waals surface area contributed by atoms with Crippen LogP contribution < -0.4 is 20.3 Å². The summed E-state index contributed by atoms with van der Waals surface area (Å²) >= 11 is 0. The highest BCUT2D eigenvalue weighted by Gasteiger charge is 2.37. The highest BCUT2D eigenvalue weighted by atomic mass is 19.1. The molecule has 1 aliphatic carbocycles. The van der Waals surface area contributed by atoms with Crippen LogP contribution in [0.2, 0.25) is 0 Å². The number of amides is 1. The summed E-state index contributed by atoms with van der Waals surface area (Å²) in [6.07, 6.45) is 2.80. The van der Waals surface area contributed by atoms with E-state index in [1.165, 1.54) is 13.2 Å². The number of nitrogens with one attached hydrogen (secondary N) is 2. The first-order valence-electron chi connectivity index (χ1n) is 11.1. The molecule has 2 atom stereocenters. The lowest BCUT2D eigenvalue weighted by Gasteiger charge is -2.31. The van der Waals surface area contributed by atoms with E-state index in [-0.39, 0.29) is 29.9 Å². The third-order valence-corrected chi connectivity index (χ3v) is 5.52. The van der Waals surface area contributed by atoms with Gasteiger partial charge in [0, 0.05) is 25.0 Å². The second-order valence-corrected chi connectivity index (χ2v) is 9.23. The highest BCUT2D eigenvalue weighted by molar-refractivity contribution is 5.99. The van der Waals surface area contributed by atoms with Crippen LogP contribution in [0.4, 0.5) is 15.8 Å².